The van der Waals surface area contributed by atoms with Crippen LogP contribution in [0.4, 0.5) is 0 Å². The van der Waals surface area contributed by atoms with Crippen molar-refractivity contribution in [2.75, 3.05) is 6.61 Å². The van der Waals surface area contributed by atoms with Gasteiger partial charge in [-0.25, -0.2) is 9.59 Å². The van der Waals surface area contributed by atoms with Crippen LogP contribution >= 0.6 is 11.3 Å². The summed E-state index contributed by atoms with van der Waals surface area (Å²) in [4.78, 5) is 42.8. The standard InChI is InChI=1S/C26H23N3O5S/c1-5-34-25(32)17-13(2)35-22(21(17)30)18-19-23(28(3)26(33)29(4)24(19)31)27-20(18)16-11-10-14-8-6-7-9-15(14)12-16/h6-12,27,30H,5H2,1-4H3. The Morgan fingerprint density at radius 3 is 2.51 bits per heavy atom. The molecule has 2 aromatic carbocycles. The molecule has 178 valence electrons. The van der Waals surface area contributed by atoms with E-state index in [1.165, 1.54) is 23.0 Å². The van der Waals surface area contributed by atoms with Crippen LogP contribution in [0.1, 0.15) is 22.2 Å². The zero-order valence-corrected chi connectivity index (χ0v) is 20.4. The molecule has 0 amide bonds. The van der Waals surface area contributed by atoms with E-state index >= 15 is 0 Å². The van der Waals surface area contributed by atoms with Crippen molar-refractivity contribution in [3.8, 4) is 27.4 Å². The number of carbonyl (C=O) groups is 1. The molecule has 0 bridgehead atoms. The zero-order valence-electron chi connectivity index (χ0n) is 19.6. The Balaban J connectivity index is 1.91. The van der Waals surface area contributed by atoms with Gasteiger partial charge in [0.05, 0.1) is 22.6 Å². The molecule has 3 aromatic heterocycles. The number of esters is 1. The largest absolute Gasteiger partial charge is 0.505 e. The van der Waals surface area contributed by atoms with Gasteiger partial charge in [-0.1, -0.05) is 36.4 Å². The van der Waals surface area contributed by atoms with Crippen molar-refractivity contribution in [3.05, 3.63) is 73.7 Å². The summed E-state index contributed by atoms with van der Waals surface area (Å²) >= 11 is 1.20. The topological polar surface area (TPSA) is 106 Å². The summed E-state index contributed by atoms with van der Waals surface area (Å²) < 4.78 is 7.54. The Morgan fingerprint density at radius 2 is 1.80 bits per heavy atom. The number of rotatable bonds is 4. The van der Waals surface area contributed by atoms with Crippen molar-refractivity contribution in [2.24, 2.45) is 14.1 Å². The number of carbonyl (C=O) groups excluding carboxylic acids is 1. The van der Waals surface area contributed by atoms with Gasteiger partial charge in [0, 0.05) is 24.5 Å². The third kappa shape index (κ3) is 3.38. The summed E-state index contributed by atoms with van der Waals surface area (Å²) in [5.74, 6) is -0.873. The molecule has 0 saturated heterocycles. The molecule has 9 heteroatoms. The molecule has 3 heterocycles. The number of benzene rings is 2. The maximum atomic E-state index is 13.4. The van der Waals surface area contributed by atoms with Crippen molar-refractivity contribution in [3.63, 3.8) is 0 Å². The Labute approximate surface area is 203 Å². The minimum absolute atomic E-state index is 0.0762. The molecule has 0 radical (unpaired) electrons. The van der Waals surface area contributed by atoms with Crippen LogP contribution in [0.3, 0.4) is 0 Å². The summed E-state index contributed by atoms with van der Waals surface area (Å²) in [5, 5.41) is 13.5. The second-order valence-electron chi connectivity index (χ2n) is 8.30. The lowest BCUT2D eigenvalue weighted by molar-refractivity contribution is 0.0523. The predicted octanol–water partition coefficient (Wildman–Crippen LogP) is 4.30. The van der Waals surface area contributed by atoms with Gasteiger partial charge in [-0.15, -0.1) is 11.3 Å². The minimum atomic E-state index is -0.627. The fourth-order valence-corrected chi connectivity index (χ4v) is 5.55. The van der Waals surface area contributed by atoms with E-state index in [0.29, 0.717) is 26.7 Å². The van der Waals surface area contributed by atoms with E-state index in [1.807, 2.05) is 42.5 Å². The number of hydrogen-bond acceptors (Lipinski definition) is 6. The minimum Gasteiger partial charge on any atom is -0.505 e. The van der Waals surface area contributed by atoms with Gasteiger partial charge in [-0.3, -0.25) is 13.9 Å². The summed E-state index contributed by atoms with van der Waals surface area (Å²) in [6.45, 7) is 3.58. The highest BCUT2D eigenvalue weighted by molar-refractivity contribution is 7.16. The number of aromatic hydroxyl groups is 1. The third-order valence-corrected chi connectivity index (χ3v) is 7.32. The highest BCUT2D eigenvalue weighted by Gasteiger charge is 2.29. The van der Waals surface area contributed by atoms with Crippen molar-refractivity contribution in [1.82, 2.24) is 14.1 Å². The fraction of sp³-hybridized carbons (Fsp3) is 0.192. The van der Waals surface area contributed by atoms with Crippen molar-refractivity contribution in [2.45, 2.75) is 13.8 Å². The molecule has 0 aliphatic rings. The molecule has 5 rings (SSSR count). The number of nitrogens with zero attached hydrogens (tertiary/aromatic N) is 2. The molecule has 5 aromatic rings. The van der Waals surface area contributed by atoms with Crippen molar-refractivity contribution < 1.29 is 14.6 Å². The molecular formula is C26H23N3O5S. The average molecular weight is 490 g/mol. The molecule has 2 N–H and O–H groups in total. The molecule has 0 unspecified atom stereocenters. The van der Waals surface area contributed by atoms with Crippen LogP contribution in [0, 0.1) is 6.92 Å². The molecule has 0 fully saturated rings. The van der Waals surface area contributed by atoms with Gasteiger partial charge in [0.25, 0.3) is 5.56 Å². The van der Waals surface area contributed by atoms with E-state index in [0.717, 1.165) is 20.9 Å². The van der Waals surface area contributed by atoms with Crippen LogP contribution in [-0.2, 0) is 18.8 Å². The second-order valence-corrected chi connectivity index (χ2v) is 9.52. The van der Waals surface area contributed by atoms with Crippen LogP contribution in [0.2, 0.25) is 0 Å². The van der Waals surface area contributed by atoms with Crippen molar-refractivity contribution in [1.29, 1.82) is 0 Å². The van der Waals surface area contributed by atoms with Gasteiger partial charge < -0.3 is 14.8 Å². The van der Waals surface area contributed by atoms with Gasteiger partial charge in [-0.2, -0.15) is 0 Å². The number of thiophene rings is 1. The quantitative estimate of drug-likeness (QED) is 0.366. The molecule has 0 aliphatic carbocycles. The van der Waals surface area contributed by atoms with E-state index < -0.39 is 17.2 Å². The lowest BCUT2D eigenvalue weighted by atomic mass is 10.0. The fourth-order valence-electron chi connectivity index (χ4n) is 4.46. The van der Waals surface area contributed by atoms with Gasteiger partial charge in [-0.05, 0) is 36.2 Å². The Bertz CT molecular complexity index is 1770. The maximum absolute atomic E-state index is 13.4. The summed E-state index contributed by atoms with van der Waals surface area (Å²) in [6, 6.07) is 13.8. The molecular weight excluding hydrogens is 466 g/mol. The van der Waals surface area contributed by atoms with Gasteiger partial charge in [0.2, 0.25) is 0 Å². The number of fused-ring (bicyclic) bond motifs is 2. The number of aromatic nitrogens is 3. The number of H-pyrrole nitrogens is 1. The summed E-state index contributed by atoms with van der Waals surface area (Å²) in [5.41, 5.74) is 1.21. The zero-order chi connectivity index (χ0) is 25.0. The van der Waals surface area contributed by atoms with Crippen LogP contribution in [0.15, 0.2) is 52.1 Å². The molecule has 0 spiro atoms. The number of hydrogen-bond donors (Lipinski definition) is 2. The average Bonchev–Trinajstić information content (AvgIpc) is 3.38. The lowest BCUT2D eigenvalue weighted by Gasteiger charge is -2.07. The lowest BCUT2D eigenvalue weighted by Crippen LogP contribution is -2.36. The van der Waals surface area contributed by atoms with E-state index in [1.54, 1.807) is 20.9 Å². The van der Waals surface area contributed by atoms with E-state index in [9.17, 15) is 19.5 Å². The smallest absolute Gasteiger partial charge is 0.343 e. The molecule has 0 aliphatic heterocycles. The predicted molar refractivity (Wildman–Crippen MR) is 137 cm³/mol. The molecule has 8 nitrogen and oxygen atoms in total. The monoisotopic (exact) mass is 489 g/mol. The Hall–Kier alpha value is -4.11. The van der Waals surface area contributed by atoms with E-state index in [4.69, 9.17) is 4.74 Å². The first-order valence-corrected chi connectivity index (χ1v) is 11.9. The number of aromatic amines is 1. The molecule has 0 saturated carbocycles. The van der Waals surface area contributed by atoms with Crippen LogP contribution in [0.5, 0.6) is 5.75 Å². The first kappa shape index (κ1) is 22.7. The number of aryl methyl sites for hydroxylation is 2. The van der Waals surface area contributed by atoms with E-state index in [-0.39, 0.29) is 23.3 Å². The highest BCUT2D eigenvalue weighted by Crippen LogP contribution is 2.47. The maximum Gasteiger partial charge on any atom is 0.343 e. The van der Waals surface area contributed by atoms with Crippen molar-refractivity contribution >= 4 is 39.1 Å². The van der Waals surface area contributed by atoms with E-state index in [2.05, 4.69) is 4.98 Å². The van der Waals surface area contributed by atoms with Gasteiger partial charge >= 0.3 is 11.7 Å². The molecule has 0 atom stereocenters. The number of ether oxygens (including phenoxy) is 1. The van der Waals surface area contributed by atoms with Crippen LogP contribution < -0.4 is 11.2 Å². The number of nitrogens with one attached hydrogen (secondary N) is 1. The molecule has 35 heavy (non-hydrogen) atoms. The highest BCUT2D eigenvalue weighted by atomic mass is 32.1. The first-order chi connectivity index (χ1) is 16.7. The summed E-state index contributed by atoms with van der Waals surface area (Å²) in [7, 11) is 3.00. The van der Waals surface area contributed by atoms with Gasteiger partial charge in [0.1, 0.15) is 17.0 Å². The second kappa shape index (κ2) is 8.28. The normalized spacial score (nSPS) is 11.4. The third-order valence-electron chi connectivity index (χ3n) is 6.21. The van der Waals surface area contributed by atoms with Crippen LogP contribution in [-0.4, -0.2) is 31.8 Å². The summed E-state index contributed by atoms with van der Waals surface area (Å²) in [6.07, 6.45) is 0. The SMILES string of the molecule is CCOC(=O)c1c(C)sc(-c2c(-c3ccc4ccccc4c3)[nH]c3c2c(=O)n(C)c(=O)n3C)c1O. The van der Waals surface area contributed by atoms with Gasteiger partial charge in [0.15, 0.2) is 0 Å². The Kier molecular flexibility index (Phi) is 5.36. The Morgan fingerprint density at radius 1 is 1.09 bits per heavy atom. The first-order valence-electron chi connectivity index (χ1n) is 11.0. The van der Waals surface area contributed by atoms with Crippen LogP contribution in [0.25, 0.3) is 43.5 Å².